The van der Waals surface area contributed by atoms with Gasteiger partial charge in [-0.1, -0.05) is 55.5 Å². The number of hydrogen-bond acceptors (Lipinski definition) is 1. The molecule has 0 amide bonds. The van der Waals surface area contributed by atoms with Crippen LogP contribution in [0, 0.1) is 0 Å². The molecule has 2 aromatic carbocycles. The lowest BCUT2D eigenvalue weighted by Crippen LogP contribution is -2.28. The molecule has 1 nitrogen and oxygen atoms in total. The minimum atomic E-state index is -4.35. The molecule has 2 rings (SSSR count). The van der Waals surface area contributed by atoms with Crippen molar-refractivity contribution in [2.24, 2.45) is 0 Å². The maximum atomic E-state index is 13.3. The van der Waals surface area contributed by atoms with E-state index in [-0.39, 0.29) is 5.56 Å². The first-order valence-electron chi connectivity index (χ1n) is 6.48. The quantitative estimate of drug-likeness (QED) is 0.833. The molecule has 0 aliphatic heterocycles. The summed E-state index contributed by atoms with van der Waals surface area (Å²) >= 11 is 0. The van der Waals surface area contributed by atoms with E-state index in [4.69, 9.17) is 0 Å². The number of benzene rings is 2. The second-order valence-electron chi connectivity index (χ2n) is 4.54. The zero-order chi connectivity index (χ0) is 14.6. The molecule has 4 heteroatoms. The van der Waals surface area contributed by atoms with Gasteiger partial charge in [0.1, 0.15) is 6.04 Å². The molecule has 0 heterocycles. The monoisotopic (exact) mass is 279 g/mol. The predicted octanol–water partition coefficient (Wildman–Crippen LogP) is 4.96. The molecule has 0 fully saturated rings. The van der Waals surface area contributed by atoms with Gasteiger partial charge in [-0.05, 0) is 23.6 Å². The van der Waals surface area contributed by atoms with E-state index in [0.29, 0.717) is 12.1 Å². The first-order valence-corrected chi connectivity index (χ1v) is 6.48. The third kappa shape index (κ3) is 3.32. The zero-order valence-electron chi connectivity index (χ0n) is 11.1. The fraction of sp³-hybridized carbons (Fsp3) is 0.250. The van der Waals surface area contributed by atoms with E-state index < -0.39 is 12.2 Å². The van der Waals surface area contributed by atoms with E-state index >= 15 is 0 Å². The van der Waals surface area contributed by atoms with Crippen LogP contribution in [0.3, 0.4) is 0 Å². The van der Waals surface area contributed by atoms with Crippen molar-refractivity contribution in [1.82, 2.24) is 0 Å². The van der Waals surface area contributed by atoms with Gasteiger partial charge in [0, 0.05) is 5.69 Å². The maximum Gasteiger partial charge on any atom is 0.412 e. The summed E-state index contributed by atoms with van der Waals surface area (Å²) in [6.07, 6.45) is -3.66. The minimum Gasteiger partial charge on any atom is -0.370 e. The summed E-state index contributed by atoms with van der Waals surface area (Å²) in [6, 6.07) is 13.3. The van der Waals surface area contributed by atoms with E-state index in [0.717, 1.165) is 5.56 Å². The van der Waals surface area contributed by atoms with Crippen LogP contribution in [-0.4, -0.2) is 6.18 Å². The number of hydrogen-bond donors (Lipinski definition) is 1. The number of anilines is 1. The summed E-state index contributed by atoms with van der Waals surface area (Å²) in [5.74, 6) is 0. The molecule has 106 valence electrons. The van der Waals surface area contributed by atoms with Crippen molar-refractivity contribution in [3.8, 4) is 0 Å². The minimum absolute atomic E-state index is 0.214. The average molecular weight is 279 g/mol. The average Bonchev–Trinajstić information content (AvgIpc) is 2.45. The number of nitrogens with one attached hydrogen (secondary N) is 1. The highest BCUT2D eigenvalue weighted by Crippen LogP contribution is 2.36. The lowest BCUT2D eigenvalue weighted by molar-refractivity contribution is -0.144. The van der Waals surface area contributed by atoms with Gasteiger partial charge in [-0.25, -0.2) is 0 Å². The molecule has 0 saturated heterocycles. The zero-order valence-corrected chi connectivity index (χ0v) is 11.1. The van der Waals surface area contributed by atoms with Crippen LogP contribution in [0.4, 0.5) is 18.9 Å². The number of para-hydroxylation sites is 1. The van der Waals surface area contributed by atoms with Crippen LogP contribution in [0.5, 0.6) is 0 Å². The molecular weight excluding hydrogens is 263 g/mol. The van der Waals surface area contributed by atoms with E-state index in [1.807, 2.05) is 19.1 Å². The van der Waals surface area contributed by atoms with Crippen LogP contribution < -0.4 is 5.32 Å². The van der Waals surface area contributed by atoms with Gasteiger partial charge in [0.05, 0.1) is 0 Å². The highest BCUT2D eigenvalue weighted by molar-refractivity contribution is 5.53. The molecule has 0 saturated carbocycles. The Hall–Kier alpha value is -1.97. The number of halogens is 3. The lowest BCUT2D eigenvalue weighted by atomic mass is 10.0. The first-order chi connectivity index (χ1) is 9.52. The largest absolute Gasteiger partial charge is 0.412 e. The fourth-order valence-electron chi connectivity index (χ4n) is 2.12. The normalized spacial score (nSPS) is 13.0. The molecule has 0 aromatic heterocycles. The Kier molecular flexibility index (Phi) is 4.32. The highest BCUT2D eigenvalue weighted by atomic mass is 19.4. The first kappa shape index (κ1) is 14.4. The highest BCUT2D eigenvalue weighted by Gasteiger charge is 2.40. The smallest absolute Gasteiger partial charge is 0.370 e. The SMILES string of the molecule is CCc1ccccc1NC(c1ccccc1)C(F)(F)F. The second-order valence-corrected chi connectivity index (χ2v) is 4.54. The summed E-state index contributed by atoms with van der Waals surface area (Å²) in [6.45, 7) is 1.92. The van der Waals surface area contributed by atoms with Gasteiger partial charge in [-0.3, -0.25) is 0 Å². The Bertz CT molecular complexity index is 549. The third-order valence-electron chi connectivity index (χ3n) is 3.16. The Morgan fingerprint density at radius 1 is 0.950 bits per heavy atom. The molecule has 0 aliphatic rings. The van der Waals surface area contributed by atoms with Crippen LogP contribution in [0.15, 0.2) is 54.6 Å². The molecule has 0 bridgehead atoms. The van der Waals surface area contributed by atoms with E-state index in [9.17, 15) is 13.2 Å². The van der Waals surface area contributed by atoms with Gasteiger partial charge >= 0.3 is 6.18 Å². The van der Waals surface area contributed by atoms with Crippen molar-refractivity contribution in [2.75, 3.05) is 5.32 Å². The van der Waals surface area contributed by atoms with Crippen LogP contribution in [0.25, 0.3) is 0 Å². The number of alkyl halides is 3. The van der Waals surface area contributed by atoms with E-state index in [2.05, 4.69) is 5.32 Å². The van der Waals surface area contributed by atoms with Gasteiger partial charge < -0.3 is 5.32 Å². The van der Waals surface area contributed by atoms with Gasteiger partial charge in [-0.15, -0.1) is 0 Å². The summed E-state index contributed by atoms with van der Waals surface area (Å²) in [5, 5.41) is 2.63. The Morgan fingerprint density at radius 3 is 2.15 bits per heavy atom. The Morgan fingerprint density at radius 2 is 1.55 bits per heavy atom. The number of aryl methyl sites for hydroxylation is 1. The van der Waals surface area contributed by atoms with E-state index in [1.54, 1.807) is 30.3 Å². The van der Waals surface area contributed by atoms with Gasteiger partial charge in [-0.2, -0.15) is 13.2 Å². The number of rotatable bonds is 4. The summed E-state index contributed by atoms with van der Waals surface area (Å²) in [5.41, 5.74) is 1.62. The molecule has 0 radical (unpaired) electrons. The molecule has 1 atom stereocenters. The maximum absolute atomic E-state index is 13.3. The van der Waals surface area contributed by atoms with Crippen LogP contribution in [-0.2, 0) is 6.42 Å². The Balaban J connectivity index is 2.34. The lowest BCUT2D eigenvalue weighted by Gasteiger charge is -2.24. The van der Waals surface area contributed by atoms with Crippen molar-refractivity contribution < 1.29 is 13.2 Å². The summed E-state index contributed by atoms with van der Waals surface area (Å²) in [4.78, 5) is 0. The summed E-state index contributed by atoms with van der Waals surface area (Å²) in [7, 11) is 0. The molecule has 20 heavy (non-hydrogen) atoms. The van der Waals surface area contributed by atoms with Crippen LogP contribution >= 0.6 is 0 Å². The topological polar surface area (TPSA) is 12.0 Å². The van der Waals surface area contributed by atoms with Crippen LogP contribution in [0.1, 0.15) is 24.1 Å². The Labute approximate surface area is 116 Å². The summed E-state index contributed by atoms with van der Waals surface area (Å²) < 4.78 is 39.8. The van der Waals surface area contributed by atoms with Crippen molar-refractivity contribution in [3.63, 3.8) is 0 Å². The van der Waals surface area contributed by atoms with Gasteiger partial charge in [0.2, 0.25) is 0 Å². The molecule has 1 unspecified atom stereocenters. The van der Waals surface area contributed by atoms with Gasteiger partial charge in [0.25, 0.3) is 0 Å². The fourth-order valence-corrected chi connectivity index (χ4v) is 2.12. The van der Waals surface area contributed by atoms with Crippen molar-refractivity contribution in [3.05, 3.63) is 65.7 Å². The van der Waals surface area contributed by atoms with Crippen molar-refractivity contribution >= 4 is 5.69 Å². The molecule has 0 spiro atoms. The predicted molar refractivity (Wildman–Crippen MR) is 74.7 cm³/mol. The van der Waals surface area contributed by atoms with Crippen molar-refractivity contribution in [2.45, 2.75) is 25.6 Å². The molecule has 0 aliphatic carbocycles. The molecule has 2 aromatic rings. The second kappa shape index (κ2) is 5.99. The standard InChI is InChI=1S/C16H16F3N/c1-2-12-8-6-7-11-14(12)20-15(16(17,18)19)13-9-4-3-5-10-13/h3-11,15,20H,2H2,1H3. The molecule has 1 N–H and O–H groups in total. The molecular formula is C16H16F3N. The van der Waals surface area contributed by atoms with Crippen LogP contribution in [0.2, 0.25) is 0 Å². The van der Waals surface area contributed by atoms with Gasteiger partial charge in [0.15, 0.2) is 0 Å². The van der Waals surface area contributed by atoms with Crippen molar-refractivity contribution in [1.29, 1.82) is 0 Å². The third-order valence-corrected chi connectivity index (χ3v) is 3.16. The van der Waals surface area contributed by atoms with E-state index in [1.165, 1.54) is 12.1 Å².